The lowest BCUT2D eigenvalue weighted by molar-refractivity contribution is 1.14. The summed E-state index contributed by atoms with van der Waals surface area (Å²) >= 11 is 0. The highest BCUT2D eigenvalue weighted by Crippen LogP contribution is 2.45. The molecule has 0 unspecified atom stereocenters. The quantitative estimate of drug-likeness (QED) is 0.135. The van der Waals surface area contributed by atoms with Crippen molar-refractivity contribution in [2.45, 2.75) is 0 Å². The van der Waals surface area contributed by atoms with E-state index in [9.17, 15) is 0 Å². The van der Waals surface area contributed by atoms with E-state index < -0.39 is 0 Å². The summed E-state index contributed by atoms with van der Waals surface area (Å²) < 4.78 is 10.5. The zero-order valence-corrected chi connectivity index (χ0v) is 36.4. The Balaban J connectivity index is 1.04. The Kier molecular flexibility index (Phi) is 5.50. The summed E-state index contributed by atoms with van der Waals surface area (Å²) in [4.78, 5) is 0. The molecule has 0 radical (unpaired) electrons. The third kappa shape index (κ3) is 3.51. The molecule has 0 fully saturated rings. The molecule has 0 bridgehead atoms. The summed E-state index contributed by atoms with van der Waals surface area (Å²) in [5, 5.41) is 15.7. The van der Waals surface area contributed by atoms with Crippen molar-refractivity contribution < 1.29 is 0 Å². The lowest BCUT2D eigenvalue weighted by atomic mass is 9.32. The molecule has 19 rings (SSSR count). The second-order valence-electron chi connectivity index (χ2n) is 19.8. The molecule has 306 valence electrons. The summed E-state index contributed by atoms with van der Waals surface area (Å²) in [5.74, 6) is 0. The molecule has 0 aliphatic carbocycles. The van der Waals surface area contributed by atoms with E-state index in [-0.39, 0.29) is 13.4 Å². The molecule has 0 atom stereocenters. The van der Waals surface area contributed by atoms with Gasteiger partial charge in [-0.05, 0) is 103 Å². The van der Waals surface area contributed by atoms with E-state index in [1.54, 1.807) is 0 Å². The highest BCUT2D eigenvalue weighted by Gasteiger charge is 2.45. The van der Waals surface area contributed by atoms with Crippen LogP contribution in [0.25, 0.3) is 132 Å². The van der Waals surface area contributed by atoms with Crippen LogP contribution in [-0.2, 0) is 0 Å². The minimum Gasteiger partial charge on any atom is -0.310 e. The smallest absolute Gasteiger partial charge is 0.252 e. The van der Waals surface area contributed by atoms with Gasteiger partial charge >= 0.3 is 0 Å². The van der Waals surface area contributed by atoms with Gasteiger partial charge in [-0.25, -0.2) is 0 Å². The summed E-state index contributed by atoms with van der Waals surface area (Å²) in [6, 6.07) is 74.7. The van der Waals surface area contributed by atoms with E-state index in [1.807, 2.05) is 0 Å². The number of hydrogen-bond acceptors (Lipinski definition) is 0. The highest BCUT2D eigenvalue weighted by atomic mass is 15.1. The van der Waals surface area contributed by atoms with Crippen LogP contribution < -0.4 is 32.8 Å². The first kappa shape index (κ1) is 33.7. The molecule has 15 aromatic rings. The van der Waals surface area contributed by atoms with Crippen LogP contribution in [0, 0.1) is 0 Å². The molecule has 68 heavy (non-hydrogen) atoms. The van der Waals surface area contributed by atoms with Gasteiger partial charge in [0.05, 0.1) is 33.1 Å². The fourth-order valence-electron chi connectivity index (χ4n) is 14.7. The second-order valence-corrected chi connectivity index (χ2v) is 19.8. The Morgan fingerprint density at radius 1 is 0.250 bits per heavy atom. The molecule has 0 amide bonds. The monoisotopic (exact) mass is 854 g/mol. The van der Waals surface area contributed by atoms with Crippen LogP contribution in [0.3, 0.4) is 0 Å². The fourth-order valence-corrected chi connectivity index (χ4v) is 14.7. The Morgan fingerprint density at radius 3 is 1.15 bits per heavy atom. The SMILES string of the molecule is c1ccc2c(c1)ccc1c2c2ccc3c4c2n1-c1cc2c(cc1B4c1cccc4c5ccccc5n-3c14)-n1c3ccc4ccccc4c3c3ccc4c(c31)B2c1cccc2c3ccccc3n-4c12. The molecular formula is C62H32B2N4. The minimum atomic E-state index is 0.0146. The van der Waals surface area contributed by atoms with Gasteiger partial charge in [0, 0.05) is 76.9 Å². The van der Waals surface area contributed by atoms with Crippen molar-refractivity contribution in [3.05, 3.63) is 194 Å². The van der Waals surface area contributed by atoms with Gasteiger partial charge in [-0.2, -0.15) is 0 Å². The van der Waals surface area contributed by atoms with Crippen molar-refractivity contribution in [3.8, 4) is 22.7 Å². The van der Waals surface area contributed by atoms with Crippen LogP contribution in [0.15, 0.2) is 194 Å². The molecule has 0 N–H and O–H groups in total. The average Bonchev–Trinajstić information content (AvgIpc) is 4.14. The minimum absolute atomic E-state index is 0.0146. The van der Waals surface area contributed by atoms with Gasteiger partial charge in [0.15, 0.2) is 0 Å². The van der Waals surface area contributed by atoms with Crippen molar-refractivity contribution >= 4 is 155 Å². The van der Waals surface area contributed by atoms with Gasteiger partial charge in [0.2, 0.25) is 0 Å². The van der Waals surface area contributed by atoms with Crippen molar-refractivity contribution in [1.82, 2.24) is 18.3 Å². The van der Waals surface area contributed by atoms with Gasteiger partial charge in [0.25, 0.3) is 13.4 Å². The van der Waals surface area contributed by atoms with E-state index in [1.165, 1.54) is 164 Å². The van der Waals surface area contributed by atoms with Crippen molar-refractivity contribution in [2.75, 3.05) is 0 Å². The van der Waals surface area contributed by atoms with Crippen LogP contribution in [0.1, 0.15) is 0 Å². The first-order valence-corrected chi connectivity index (χ1v) is 24.0. The molecule has 4 aliphatic heterocycles. The average molecular weight is 855 g/mol. The van der Waals surface area contributed by atoms with Crippen LogP contribution in [-0.4, -0.2) is 31.7 Å². The third-order valence-electron chi connectivity index (χ3n) is 17.1. The van der Waals surface area contributed by atoms with E-state index in [0.717, 1.165) is 0 Å². The van der Waals surface area contributed by atoms with E-state index in [2.05, 4.69) is 212 Å². The number of aromatic nitrogens is 4. The van der Waals surface area contributed by atoms with Crippen LogP contribution in [0.2, 0.25) is 0 Å². The Morgan fingerprint density at radius 2 is 0.662 bits per heavy atom. The fraction of sp³-hybridized carbons (Fsp3) is 0. The summed E-state index contributed by atoms with van der Waals surface area (Å²) in [7, 11) is 0. The number of nitrogens with zero attached hydrogens (tertiary/aromatic N) is 4. The van der Waals surface area contributed by atoms with Crippen LogP contribution in [0.5, 0.6) is 0 Å². The normalized spacial score (nSPS) is 13.8. The summed E-state index contributed by atoms with van der Waals surface area (Å²) in [6.45, 7) is 0.0292. The predicted molar refractivity (Wildman–Crippen MR) is 288 cm³/mol. The van der Waals surface area contributed by atoms with Gasteiger partial charge in [-0.15, -0.1) is 0 Å². The largest absolute Gasteiger partial charge is 0.310 e. The Labute approximate surface area is 388 Å². The lowest BCUT2D eigenvalue weighted by Crippen LogP contribution is -2.62. The van der Waals surface area contributed by atoms with Gasteiger partial charge in [-0.3, -0.25) is 0 Å². The topological polar surface area (TPSA) is 19.7 Å². The molecule has 4 aliphatic rings. The molecule has 8 heterocycles. The maximum atomic E-state index is 2.68. The molecule has 11 aromatic carbocycles. The number of rotatable bonds is 0. The third-order valence-corrected chi connectivity index (χ3v) is 17.1. The number of hydrogen-bond donors (Lipinski definition) is 0. The maximum absolute atomic E-state index is 2.68. The molecule has 4 nitrogen and oxygen atoms in total. The molecule has 0 saturated heterocycles. The summed E-state index contributed by atoms with van der Waals surface area (Å²) in [5.41, 5.74) is 23.8. The molecular weight excluding hydrogens is 822 g/mol. The Bertz CT molecular complexity index is 4690. The predicted octanol–water partition coefficient (Wildman–Crippen LogP) is 10.7. The number of para-hydroxylation sites is 4. The highest BCUT2D eigenvalue weighted by molar-refractivity contribution is 7.02. The maximum Gasteiger partial charge on any atom is 0.252 e. The van der Waals surface area contributed by atoms with E-state index in [4.69, 9.17) is 0 Å². The first-order valence-electron chi connectivity index (χ1n) is 24.0. The first-order chi connectivity index (χ1) is 33.8. The van der Waals surface area contributed by atoms with Crippen molar-refractivity contribution in [1.29, 1.82) is 0 Å². The second kappa shape index (κ2) is 11.1. The van der Waals surface area contributed by atoms with Gasteiger partial charge < -0.3 is 18.3 Å². The van der Waals surface area contributed by atoms with E-state index >= 15 is 0 Å². The van der Waals surface area contributed by atoms with Crippen LogP contribution >= 0.6 is 0 Å². The molecule has 6 heteroatoms. The van der Waals surface area contributed by atoms with Gasteiger partial charge in [0.1, 0.15) is 0 Å². The number of fused-ring (bicyclic) bond motifs is 26. The molecule has 0 spiro atoms. The summed E-state index contributed by atoms with van der Waals surface area (Å²) in [6.07, 6.45) is 0. The van der Waals surface area contributed by atoms with Crippen LogP contribution in [0.4, 0.5) is 0 Å². The zero-order chi connectivity index (χ0) is 43.4. The lowest BCUT2D eigenvalue weighted by Gasteiger charge is -2.37. The number of benzene rings is 11. The standard InChI is InChI=1S/C62H32B2N4/c1-3-13-35-33(11-1)23-27-49-55(35)41-25-29-51-57-61(41)67(49)53-31-46-54(32-45(53)63(57)43-19-9-17-39-37-15-5-7-21-47(37)65(51)59(39)43)68-50-28-24-34-12-2-4-14-36(34)56(50)42-26-30-52-58(62(42)68)64(46)44-20-10-18-40-38-16-6-8-22-48(38)66(52)60(40)44/h1-32H. The van der Waals surface area contributed by atoms with E-state index in [0.29, 0.717) is 0 Å². The van der Waals surface area contributed by atoms with Crippen molar-refractivity contribution in [2.24, 2.45) is 0 Å². The molecule has 0 saturated carbocycles. The van der Waals surface area contributed by atoms with Gasteiger partial charge in [-0.1, -0.05) is 146 Å². The Hall–Kier alpha value is -8.73. The van der Waals surface area contributed by atoms with Crippen molar-refractivity contribution in [3.63, 3.8) is 0 Å². The molecule has 4 aromatic heterocycles. The zero-order valence-electron chi connectivity index (χ0n) is 36.4.